The summed E-state index contributed by atoms with van der Waals surface area (Å²) in [5.74, 6) is 0. The lowest BCUT2D eigenvalue weighted by Crippen LogP contribution is -2.47. The van der Waals surface area contributed by atoms with Crippen molar-refractivity contribution >= 4 is 0 Å². The Hall–Kier alpha value is -2.05. The highest BCUT2D eigenvalue weighted by molar-refractivity contribution is 5.05. The van der Waals surface area contributed by atoms with Crippen molar-refractivity contribution in [2.24, 2.45) is 0 Å². The summed E-state index contributed by atoms with van der Waals surface area (Å²) in [6.07, 6.45) is 8.39. The first-order chi connectivity index (χ1) is 11.8. The van der Waals surface area contributed by atoms with Crippen molar-refractivity contribution in [1.82, 2.24) is 19.9 Å². The van der Waals surface area contributed by atoms with Crippen LogP contribution >= 0.6 is 0 Å². The molecule has 2 aromatic heterocycles. The van der Waals surface area contributed by atoms with Crippen LogP contribution in [0.2, 0.25) is 0 Å². The summed E-state index contributed by atoms with van der Waals surface area (Å²) in [7, 11) is 0. The Labute approximate surface area is 141 Å². The third kappa shape index (κ3) is 3.55. The third-order valence-corrected chi connectivity index (χ3v) is 4.72. The van der Waals surface area contributed by atoms with Crippen LogP contribution in [-0.4, -0.2) is 51.3 Å². The number of hydrogen-bond acceptors (Lipinski definition) is 6. The van der Waals surface area contributed by atoms with Crippen molar-refractivity contribution < 1.29 is 9.47 Å². The summed E-state index contributed by atoms with van der Waals surface area (Å²) in [6, 6.07) is 8.29. The van der Waals surface area contributed by atoms with Crippen LogP contribution in [0.4, 0.5) is 0 Å². The Morgan fingerprint density at radius 3 is 2.88 bits per heavy atom. The zero-order valence-electron chi connectivity index (χ0n) is 13.7. The van der Waals surface area contributed by atoms with Gasteiger partial charge in [-0.15, -0.1) is 0 Å². The van der Waals surface area contributed by atoms with Crippen LogP contribution in [0.25, 0.3) is 0 Å². The Kier molecular flexibility index (Phi) is 4.40. The number of likely N-dealkylation sites (tertiary alicyclic amines) is 1. The van der Waals surface area contributed by atoms with Crippen molar-refractivity contribution in [2.75, 3.05) is 19.7 Å². The number of pyridine rings is 1. The van der Waals surface area contributed by atoms with Crippen molar-refractivity contribution in [3.63, 3.8) is 0 Å². The summed E-state index contributed by atoms with van der Waals surface area (Å²) in [6.45, 7) is 3.50. The smallest absolute Gasteiger partial charge is 0.316 e. The maximum atomic E-state index is 6.19. The van der Waals surface area contributed by atoms with Gasteiger partial charge in [-0.25, -0.2) is 9.97 Å². The van der Waals surface area contributed by atoms with Gasteiger partial charge in [0.2, 0.25) is 0 Å². The maximum absolute atomic E-state index is 6.19. The van der Waals surface area contributed by atoms with Crippen LogP contribution in [0, 0.1) is 0 Å². The normalized spacial score (nSPS) is 27.4. The average molecular weight is 326 g/mol. The lowest BCUT2D eigenvalue weighted by molar-refractivity contribution is -0.0541. The van der Waals surface area contributed by atoms with E-state index >= 15 is 0 Å². The topological polar surface area (TPSA) is 60.4 Å². The molecular weight excluding hydrogens is 304 g/mol. The number of aromatic nitrogens is 3. The van der Waals surface area contributed by atoms with Gasteiger partial charge in [0.15, 0.2) is 0 Å². The minimum atomic E-state index is -0.105. The van der Waals surface area contributed by atoms with E-state index in [4.69, 9.17) is 9.47 Å². The predicted molar refractivity (Wildman–Crippen MR) is 88.5 cm³/mol. The highest BCUT2D eigenvalue weighted by Crippen LogP contribution is 2.36. The molecule has 6 nitrogen and oxygen atoms in total. The first kappa shape index (κ1) is 15.5. The minimum absolute atomic E-state index is 0.0298. The van der Waals surface area contributed by atoms with E-state index in [0.717, 1.165) is 44.6 Å². The van der Waals surface area contributed by atoms with Crippen LogP contribution in [0.5, 0.6) is 6.01 Å². The molecular formula is C18H22N4O2. The van der Waals surface area contributed by atoms with Crippen LogP contribution in [0.1, 0.15) is 25.0 Å². The number of piperidine rings is 1. The third-order valence-electron chi connectivity index (χ3n) is 4.72. The molecule has 1 spiro atoms. The van der Waals surface area contributed by atoms with E-state index in [1.807, 2.05) is 18.3 Å². The molecule has 0 aliphatic carbocycles. The maximum Gasteiger partial charge on any atom is 0.316 e. The fourth-order valence-corrected chi connectivity index (χ4v) is 3.70. The lowest BCUT2D eigenvalue weighted by atomic mass is 9.89. The zero-order chi connectivity index (χ0) is 16.2. The van der Waals surface area contributed by atoms with E-state index in [1.54, 1.807) is 18.5 Å². The minimum Gasteiger partial charge on any atom is -0.458 e. The van der Waals surface area contributed by atoms with Crippen molar-refractivity contribution in [3.8, 4) is 6.01 Å². The number of ether oxygens (including phenoxy) is 2. The van der Waals surface area contributed by atoms with E-state index in [-0.39, 0.29) is 11.7 Å². The molecule has 2 aliphatic rings. The van der Waals surface area contributed by atoms with Crippen LogP contribution < -0.4 is 4.74 Å². The van der Waals surface area contributed by atoms with Gasteiger partial charge < -0.3 is 9.47 Å². The van der Waals surface area contributed by atoms with Gasteiger partial charge in [-0.3, -0.25) is 9.88 Å². The zero-order valence-corrected chi connectivity index (χ0v) is 13.7. The fourth-order valence-electron chi connectivity index (χ4n) is 3.70. The molecule has 0 radical (unpaired) electrons. The van der Waals surface area contributed by atoms with E-state index < -0.39 is 0 Å². The standard InChI is InChI=1S/C18H22N4O2/c1-2-7-19-15(5-1)12-22-10-3-6-18(14-22)11-16(13-23-18)24-17-20-8-4-9-21-17/h1-2,4-5,7-9,16H,3,6,10-14H2. The molecule has 4 heterocycles. The Morgan fingerprint density at radius 2 is 2.04 bits per heavy atom. The molecule has 2 fully saturated rings. The first-order valence-electron chi connectivity index (χ1n) is 8.51. The van der Waals surface area contributed by atoms with Crippen molar-refractivity contribution in [1.29, 1.82) is 0 Å². The Bertz CT molecular complexity index is 655. The van der Waals surface area contributed by atoms with Gasteiger partial charge in [0, 0.05) is 38.1 Å². The Morgan fingerprint density at radius 1 is 1.17 bits per heavy atom. The van der Waals surface area contributed by atoms with E-state index in [1.165, 1.54) is 0 Å². The van der Waals surface area contributed by atoms with E-state index in [0.29, 0.717) is 12.6 Å². The second-order valence-corrected chi connectivity index (χ2v) is 6.60. The molecule has 24 heavy (non-hydrogen) atoms. The molecule has 0 saturated carbocycles. The lowest BCUT2D eigenvalue weighted by Gasteiger charge is -2.39. The van der Waals surface area contributed by atoms with Gasteiger partial charge >= 0.3 is 6.01 Å². The molecule has 0 aromatic carbocycles. The molecule has 2 saturated heterocycles. The molecule has 2 atom stereocenters. The molecule has 4 rings (SSSR count). The molecule has 6 heteroatoms. The molecule has 126 valence electrons. The largest absolute Gasteiger partial charge is 0.458 e. The van der Waals surface area contributed by atoms with Gasteiger partial charge in [-0.2, -0.15) is 0 Å². The highest BCUT2D eigenvalue weighted by atomic mass is 16.6. The summed E-state index contributed by atoms with van der Waals surface area (Å²) < 4.78 is 12.1. The number of hydrogen-bond donors (Lipinski definition) is 0. The molecule has 0 N–H and O–H groups in total. The Balaban J connectivity index is 1.37. The second kappa shape index (κ2) is 6.83. The molecule has 2 aliphatic heterocycles. The first-order valence-corrected chi connectivity index (χ1v) is 8.51. The van der Waals surface area contributed by atoms with Crippen molar-refractivity contribution in [3.05, 3.63) is 48.5 Å². The van der Waals surface area contributed by atoms with Gasteiger partial charge in [0.25, 0.3) is 0 Å². The monoisotopic (exact) mass is 326 g/mol. The van der Waals surface area contributed by atoms with Gasteiger partial charge in [0.1, 0.15) is 6.10 Å². The highest BCUT2D eigenvalue weighted by Gasteiger charge is 2.44. The molecule has 0 bridgehead atoms. The molecule has 2 aromatic rings. The molecule has 2 unspecified atom stereocenters. The van der Waals surface area contributed by atoms with Gasteiger partial charge in [0.05, 0.1) is 17.9 Å². The fraction of sp³-hybridized carbons (Fsp3) is 0.500. The number of nitrogens with zero attached hydrogens (tertiary/aromatic N) is 4. The quantitative estimate of drug-likeness (QED) is 0.857. The van der Waals surface area contributed by atoms with Gasteiger partial charge in [-0.05, 0) is 37.6 Å². The SMILES string of the molecule is c1ccc(CN2CCCC3(CC(Oc4ncccn4)CO3)C2)nc1. The summed E-state index contributed by atoms with van der Waals surface area (Å²) >= 11 is 0. The van der Waals surface area contributed by atoms with Crippen LogP contribution in [-0.2, 0) is 11.3 Å². The second-order valence-electron chi connectivity index (χ2n) is 6.60. The van der Waals surface area contributed by atoms with E-state index in [9.17, 15) is 0 Å². The van der Waals surface area contributed by atoms with Gasteiger partial charge in [-0.1, -0.05) is 6.07 Å². The number of rotatable bonds is 4. The average Bonchev–Trinajstić information content (AvgIpc) is 2.98. The van der Waals surface area contributed by atoms with Crippen LogP contribution in [0.3, 0.4) is 0 Å². The predicted octanol–water partition coefficient (Wildman–Crippen LogP) is 2.07. The van der Waals surface area contributed by atoms with Crippen molar-refractivity contribution in [2.45, 2.75) is 37.5 Å². The summed E-state index contributed by atoms with van der Waals surface area (Å²) in [5.41, 5.74) is 1.00. The summed E-state index contributed by atoms with van der Waals surface area (Å²) in [4.78, 5) is 15.2. The summed E-state index contributed by atoms with van der Waals surface area (Å²) in [5, 5.41) is 0. The van der Waals surface area contributed by atoms with E-state index in [2.05, 4.69) is 25.9 Å². The molecule has 0 amide bonds. The van der Waals surface area contributed by atoms with Crippen LogP contribution in [0.15, 0.2) is 42.9 Å².